The molecule has 1 saturated heterocycles. The quantitative estimate of drug-likeness (QED) is 0.771. The SMILES string of the molecule is O=C(O)c1ccnc([C@@H]2CCCCN2)c1. The van der Waals surface area contributed by atoms with Crippen LogP contribution in [0, 0.1) is 0 Å². The lowest BCUT2D eigenvalue weighted by molar-refractivity contribution is 0.0696. The van der Waals surface area contributed by atoms with E-state index in [0.717, 1.165) is 18.7 Å². The van der Waals surface area contributed by atoms with Crippen LogP contribution in [0.5, 0.6) is 0 Å². The third kappa shape index (κ3) is 2.33. The molecule has 0 radical (unpaired) electrons. The van der Waals surface area contributed by atoms with Gasteiger partial charge in [-0.3, -0.25) is 4.98 Å². The molecule has 0 saturated carbocycles. The van der Waals surface area contributed by atoms with Crippen molar-refractivity contribution in [3.05, 3.63) is 29.6 Å². The maximum atomic E-state index is 10.8. The first-order chi connectivity index (χ1) is 7.27. The number of carbonyl (C=O) groups is 1. The summed E-state index contributed by atoms with van der Waals surface area (Å²) in [5.74, 6) is -0.894. The van der Waals surface area contributed by atoms with Crippen molar-refractivity contribution in [3.63, 3.8) is 0 Å². The van der Waals surface area contributed by atoms with E-state index in [1.54, 1.807) is 12.3 Å². The highest BCUT2D eigenvalue weighted by Crippen LogP contribution is 2.21. The number of pyridine rings is 1. The third-order valence-corrected chi connectivity index (χ3v) is 2.70. The first-order valence-corrected chi connectivity index (χ1v) is 5.20. The average Bonchev–Trinajstić information content (AvgIpc) is 2.30. The summed E-state index contributed by atoms with van der Waals surface area (Å²) in [5.41, 5.74) is 1.15. The van der Waals surface area contributed by atoms with Crippen molar-refractivity contribution in [3.8, 4) is 0 Å². The van der Waals surface area contributed by atoms with E-state index in [4.69, 9.17) is 5.11 Å². The highest BCUT2D eigenvalue weighted by molar-refractivity contribution is 5.87. The Morgan fingerprint density at radius 1 is 1.53 bits per heavy atom. The fourth-order valence-electron chi connectivity index (χ4n) is 1.88. The third-order valence-electron chi connectivity index (χ3n) is 2.70. The van der Waals surface area contributed by atoms with Crippen LogP contribution in [0.15, 0.2) is 18.3 Å². The Kier molecular flexibility index (Phi) is 2.97. The summed E-state index contributed by atoms with van der Waals surface area (Å²) >= 11 is 0. The fraction of sp³-hybridized carbons (Fsp3) is 0.455. The first kappa shape index (κ1) is 10.1. The van der Waals surface area contributed by atoms with E-state index in [1.807, 2.05) is 0 Å². The number of nitrogens with one attached hydrogen (secondary N) is 1. The Balaban J connectivity index is 2.19. The van der Waals surface area contributed by atoms with Gasteiger partial charge in [0.05, 0.1) is 11.3 Å². The Morgan fingerprint density at radius 3 is 3.07 bits per heavy atom. The van der Waals surface area contributed by atoms with Gasteiger partial charge in [-0.15, -0.1) is 0 Å². The topological polar surface area (TPSA) is 62.2 Å². The molecule has 1 atom stereocenters. The molecule has 1 fully saturated rings. The van der Waals surface area contributed by atoms with Gasteiger partial charge >= 0.3 is 5.97 Å². The van der Waals surface area contributed by atoms with Crippen LogP contribution in [0.4, 0.5) is 0 Å². The minimum absolute atomic E-state index is 0.220. The van der Waals surface area contributed by atoms with Crippen molar-refractivity contribution in [2.45, 2.75) is 25.3 Å². The van der Waals surface area contributed by atoms with Gasteiger partial charge in [0, 0.05) is 12.2 Å². The number of hydrogen-bond donors (Lipinski definition) is 2. The Bertz CT molecular complexity index is 359. The number of piperidine rings is 1. The molecule has 4 heteroatoms. The van der Waals surface area contributed by atoms with E-state index >= 15 is 0 Å². The minimum atomic E-state index is -0.894. The van der Waals surface area contributed by atoms with Gasteiger partial charge in [0.1, 0.15) is 0 Å². The van der Waals surface area contributed by atoms with E-state index < -0.39 is 5.97 Å². The second kappa shape index (κ2) is 4.40. The zero-order valence-electron chi connectivity index (χ0n) is 8.44. The van der Waals surface area contributed by atoms with Gasteiger partial charge in [0.15, 0.2) is 0 Å². The Hall–Kier alpha value is -1.42. The molecule has 1 aliphatic rings. The van der Waals surface area contributed by atoms with Crippen LogP contribution < -0.4 is 5.32 Å². The van der Waals surface area contributed by atoms with E-state index in [1.165, 1.54) is 18.9 Å². The first-order valence-electron chi connectivity index (χ1n) is 5.20. The largest absolute Gasteiger partial charge is 0.478 e. The zero-order chi connectivity index (χ0) is 10.7. The summed E-state index contributed by atoms with van der Waals surface area (Å²) in [4.78, 5) is 15.0. The van der Waals surface area contributed by atoms with Gasteiger partial charge in [0.25, 0.3) is 0 Å². The fourth-order valence-corrected chi connectivity index (χ4v) is 1.88. The predicted octanol–water partition coefficient (Wildman–Crippen LogP) is 1.59. The summed E-state index contributed by atoms with van der Waals surface area (Å²) in [5, 5.41) is 12.2. The summed E-state index contributed by atoms with van der Waals surface area (Å²) < 4.78 is 0. The summed E-state index contributed by atoms with van der Waals surface area (Å²) in [6, 6.07) is 3.40. The average molecular weight is 206 g/mol. The number of aromatic carboxylic acids is 1. The molecule has 80 valence electrons. The lowest BCUT2D eigenvalue weighted by Crippen LogP contribution is -2.27. The van der Waals surface area contributed by atoms with Crippen LogP contribution in [-0.2, 0) is 0 Å². The van der Waals surface area contributed by atoms with Gasteiger partial charge in [-0.1, -0.05) is 6.42 Å². The predicted molar refractivity (Wildman–Crippen MR) is 55.8 cm³/mol. The molecular formula is C11H14N2O2. The van der Waals surface area contributed by atoms with E-state index in [9.17, 15) is 4.79 Å². The van der Waals surface area contributed by atoms with Gasteiger partial charge in [-0.05, 0) is 31.5 Å². The molecule has 2 heterocycles. The maximum absolute atomic E-state index is 10.8. The molecule has 0 aliphatic carbocycles. The lowest BCUT2D eigenvalue weighted by Gasteiger charge is -2.22. The second-order valence-corrected chi connectivity index (χ2v) is 3.78. The van der Waals surface area contributed by atoms with Gasteiger partial charge in [-0.2, -0.15) is 0 Å². The van der Waals surface area contributed by atoms with E-state index in [-0.39, 0.29) is 6.04 Å². The van der Waals surface area contributed by atoms with Crippen LogP contribution in [0.1, 0.15) is 41.4 Å². The van der Waals surface area contributed by atoms with Crippen molar-refractivity contribution in [1.29, 1.82) is 0 Å². The Morgan fingerprint density at radius 2 is 2.40 bits per heavy atom. The molecule has 0 spiro atoms. The highest BCUT2D eigenvalue weighted by atomic mass is 16.4. The zero-order valence-corrected chi connectivity index (χ0v) is 8.44. The summed E-state index contributed by atoms with van der Waals surface area (Å²) in [7, 11) is 0. The lowest BCUT2D eigenvalue weighted by atomic mass is 10.0. The summed E-state index contributed by atoms with van der Waals surface area (Å²) in [6.45, 7) is 0.990. The highest BCUT2D eigenvalue weighted by Gasteiger charge is 2.16. The van der Waals surface area contributed by atoms with Crippen LogP contribution >= 0.6 is 0 Å². The van der Waals surface area contributed by atoms with Crippen molar-refractivity contribution in [1.82, 2.24) is 10.3 Å². The molecule has 4 nitrogen and oxygen atoms in total. The Labute approximate surface area is 88.3 Å². The van der Waals surface area contributed by atoms with Gasteiger partial charge in [-0.25, -0.2) is 4.79 Å². The number of nitrogens with zero attached hydrogens (tertiary/aromatic N) is 1. The smallest absolute Gasteiger partial charge is 0.335 e. The molecule has 0 aromatic carbocycles. The maximum Gasteiger partial charge on any atom is 0.335 e. The second-order valence-electron chi connectivity index (χ2n) is 3.78. The van der Waals surface area contributed by atoms with Crippen molar-refractivity contribution in [2.75, 3.05) is 6.54 Å². The normalized spacial score (nSPS) is 21.2. The van der Waals surface area contributed by atoms with E-state index in [0.29, 0.717) is 5.56 Å². The molecule has 1 aromatic heterocycles. The van der Waals surface area contributed by atoms with Crippen LogP contribution in [-0.4, -0.2) is 22.6 Å². The molecular weight excluding hydrogens is 192 g/mol. The van der Waals surface area contributed by atoms with Crippen LogP contribution in [0.2, 0.25) is 0 Å². The molecule has 15 heavy (non-hydrogen) atoms. The molecule has 1 aliphatic heterocycles. The molecule has 2 N–H and O–H groups in total. The standard InChI is InChI=1S/C11H14N2O2/c14-11(15)8-4-6-13-10(7-8)9-3-1-2-5-12-9/h4,6-7,9,12H,1-3,5H2,(H,14,15)/t9-/m0/s1. The molecule has 1 aromatic rings. The number of carboxylic acids is 1. The van der Waals surface area contributed by atoms with Crippen molar-refractivity contribution in [2.24, 2.45) is 0 Å². The number of carboxylic acid groups (broad SMARTS) is 1. The van der Waals surface area contributed by atoms with Gasteiger partial charge < -0.3 is 10.4 Å². The van der Waals surface area contributed by atoms with E-state index in [2.05, 4.69) is 10.3 Å². The molecule has 0 amide bonds. The van der Waals surface area contributed by atoms with Crippen molar-refractivity contribution < 1.29 is 9.90 Å². The number of hydrogen-bond acceptors (Lipinski definition) is 3. The minimum Gasteiger partial charge on any atom is -0.478 e. The molecule has 0 unspecified atom stereocenters. The molecule has 2 rings (SSSR count). The number of aromatic nitrogens is 1. The van der Waals surface area contributed by atoms with Crippen molar-refractivity contribution >= 4 is 5.97 Å². The molecule has 0 bridgehead atoms. The van der Waals surface area contributed by atoms with Gasteiger partial charge in [0.2, 0.25) is 0 Å². The monoisotopic (exact) mass is 206 g/mol. The van der Waals surface area contributed by atoms with Crippen LogP contribution in [0.3, 0.4) is 0 Å². The number of rotatable bonds is 2. The van der Waals surface area contributed by atoms with Crippen LogP contribution in [0.25, 0.3) is 0 Å². The summed E-state index contributed by atoms with van der Waals surface area (Å²) in [6.07, 6.45) is 4.97.